The van der Waals surface area contributed by atoms with E-state index in [2.05, 4.69) is 21.7 Å². The summed E-state index contributed by atoms with van der Waals surface area (Å²) in [5.74, 6) is 6.71. The summed E-state index contributed by atoms with van der Waals surface area (Å²) in [7, 11) is 4.91. The highest BCUT2D eigenvalue weighted by atomic mass is 16.5. The Bertz CT molecular complexity index is 1420. The molecule has 0 aliphatic carbocycles. The molecule has 0 bridgehead atoms. The van der Waals surface area contributed by atoms with Gasteiger partial charge in [0.05, 0.1) is 26.5 Å². The third-order valence-corrected chi connectivity index (χ3v) is 6.40. The van der Waals surface area contributed by atoms with E-state index in [4.69, 9.17) is 4.74 Å². The van der Waals surface area contributed by atoms with Gasteiger partial charge in [0.15, 0.2) is 5.78 Å². The molecule has 1 aliphatic rings. The van der Waals surface area contributed by atoms with Crippen LogP contribution >= 0.6 is 0 Å². The van der Waals surface area contributed by atoms with Crippen molar-refractivity contribution < 1.29 is 14.3 Å². The second-order valence-corrected chi connectivity index (χ2v) is 8.99. The van der Waals surface area contributed by atoms with E-state index in [1.165, 1.54) is 22.9 Å². The molecule has 3 heterocycles. The van der Waals surface area contributed by atoms with Gasteiger partial charge in [0.2, 0.25) is 0 Å². The molecule has 0 unspecified atom stereocenters. The maximum absolute atomic E-state index is 13.8. The molecule has 1 aromatic carbocycles. The van der Waals surface area contributed by atoms with E-state index in [-0.39, 0.29) is 35.9 Å². The molecular formula is C27H31N5O4. The minimum absolute atomic E-state index is 0.185. The van der Waals surface area contributed by atoms with Gasteiger partial charge in [-0.05, 0) is 38.3 Å². The maximum atomic E-state index is 13.8. The molecule has 0 atom stereocenters. The Morgan fingerprint density at radius 1 is 1.17 bits per heavy atom. The third kappa shape index (κ3) is 4.71. The van der Waals surface area contributed by atoms with Gasteiger partial charge >= 0.3 is 0 Å². The van der Waals surface area contributed by atoms with Crippen molar-refractivity contribution in [3.05, 3.63) is 52.1 Å². The molecule has 0 radical (unpaired) electrons. The van der Waals surface area contributed by atoms with E-state index in [1.54, 1.807) is 49.9 Å². The number of anilines is 1. The van der Waals surface area contributed by atoms with Crippen LogP contribution < -0.4 is 15.2 Å². The van der Waals surface area contributed by atoms with Gasteiger partial charge in [-0.25, -0.2) is 4.98 Å². The molecule has 2 aromatic heterocycles. The number of fused-ring (bicyclic) bond motifs is 1. The first kappa shape index (κ1) is 25.0. The normalized spacial score (nSPS) is 13.3. The van der Waals surface area contributed by atoms with Gasteiger partial charge in [0.25, 0.3) is 11.5 Å². The number of piperidine rings is 1. The predicted molar refractivity (Wildman–Crippen MR) is 139 cm³/mol. The van der Waals surface area contributed by atoms with Crippen LogP contribution in [0.1, 0.15) is 46.9 Å². The van der Waals surface area contributed by atoms with E-state index in [9.17, 15) is 14.4 Å². The minimum atomic E-state index is -0.384. The fourth-order valence-corrected chi connectivity index (χ4v) is 4.57. The van der Waals surface area contributed by atoms with Crippen molar-refractivity contribution in [2.24, 2.45) is 0 Å². The highest BCUT2D eigenvalue weighted by Gasteiger charge is 2.31. The number of ether oxygens (including phenoxy) is 1. The SMILES string of the molecule is CC#CCn1c(N2CCCCC2)c(C(=O)N(C)C)c2ncn(CC(=O)c3cccc(OC)c3)c(=O)c21. The van der Waals surface area contributed by atoms with E-state index in [0.29, 0.717) is 28.2 Å². The molecular weight excluding hydrogens is 458 g/mol. The Labute approximate surface area is 210 Å². The molecule has 1 fully saturated rings. The van der Waals surface area contributed by atoms with Crippen LogP contribution in [0.2, 0.25) is 0 Å². The van der Waals surface area contributed by atoms with Crippen molar-refractivity contribution in [1.82, 2.24) is 19.0 Å². The number of carbonyl (C=O) groups excluding carboxylic acids is 2. The van der Waals surface area contributed by atoms with Crippen molar-refractivity contribution in [2.75, 3.05) is 39.2 Å². The number of amides is 1. The molecule has 9 heteroatoms. The van der Waals surface area contributed by atoms with Crippen LogP contribution in [0.25, 0.3) is 11.0 Å². The standard InChI is InChI=1S/C27H31N5O4/c1-5-6-15-32-24-23(22(26(34)29(2)3)25(32)30-13-8-7-9-14-30)28-18-31(27(24)35)17-21(33)19-11-10-12-20(16-19)36-4/h10-12,16,18H,7-9,13-15,17H2,1-4H3. The lowest BCUT2D eigenvalue weighted by Gasteiger charge is -2.30. The smallest absolute Gasteiger partial charge is 0.278 e. The fourth-order valence-electron chi connectivity index (χ4n) is 4.57. The average molecular weight is 490 g/mol. The predicted octanol–water partition coefficient (Wildman–Crippen LogP) is 2.80. The van der Waals surface area contributed by atoms with Crippen LogP contribution in [0.4, 0.5) is 5.82 Å². The number of ketones is 1. The van der Waals surface area contributed by atoms with Gasteiger partial charge in [0.1, 0.15) is 28.2 Å². The minimum Gasteiger partial charge on any atom is -0.497 e. The van der Waals surface area contributed by atoms with Gasteiger partial charge in [-0.3, -0.25) is 19.0 Å². The molecule has 1 saturated heterocycles. The number of methoxy groups -OCH3 is 1. The van der Waals surface area contributed by atoms with Crippen LogP contribution in [0, 0.1) is 11.8 Å². The second-order valence-electron chi connectivity index (χ2n) is 8.99. The van der Waals surface area contributed by atoms with Crippen LogP contribution in [-0.4, -0.2) is 65.0 Å². The molecule has 0 spiro atoms. The van der Waals surface area contributed by atoms with Gasteiger partial charge in [-0.15, -0.1) is 5.92 Å². The van der Waals surface area contributed by atoms with E-state index < -0.39 is 0 Å². The molecule has 4 rings (SSSR count). The first-order valence-corrected chi connectivity index (χ1v) is 12.0. The number of aromatic nitrogens is 3. The summed E-state index contributed by atoms with van der Waals surface area (Å²) in [5.41, 5.74) is 1.07. The summed E-state index contributed by atoms with van der Waals surface area (Å²) in [6.07, 6.45) is 4.48. The van der Waals surface area contributed by atoms with Crippen LogP contribution in [0.5, 0.6) is 5.75 Å². The summed E-state index contributed by atoms with van der Waals surface area (Å²) in [6, 6.07) is 6.81. The molecule has 0 N–H and O–H groups in total. The van der Waals surface area contributed by atoms with Crippen molar-refractivity contribution in [1.29, 1.82) is 0 Å². The highest BCUT2D eigenvalue weighted by molar-refractivity contribution is 6.10. The van der Waals surface area contributed by atoms with Crippen LogP contribution in [-0.2, 0) is 13.1 Å². The Hall–Kier alpha value is -4.06. The lowest BCUT2D eigenvalue weighted by atomic mass is 10.1. The molecule has 3 aromatic rings. The summed E-state index contributed by atoms with van der Waals surface area (Å²) >= 11 is 0. The summed E-state index contributed by atoms with van der Waals surface area (Å²) < 4.78 is 8.31. The zero-order valence-electron chi connectivity index (χ0n) is 21.2. The molecule has 36 heavy (non-hydrogen) atoms. The zero-order chi connectivity index (χ0) is 25.8. The molecule has 188 valence electrons. The fraction of sp³-hybridized carbons (Fsp3) is 0.407. The number of rotatable bonds is 7. The summed E-state index contributed by atoms with van der Waals surface area (Å²) in [5, 5.41) is 0. The topological polar surface area (TPSA) is 89.7 Å². The van der Waals surface area contributed by atoms with Gasteiger partial charge < -0.3 is 19.1 Å². The Balaban J connectivity index is 1.89. The monoisotopic (exact) mass is 489 g/mol. The highest BCUT2D eigenvalue weighted by Crippen LogP contribution is 2.33. The first-order chi connectivity index (χ1) is 17.4. The first-order valence-electron chi connectivity index (χ1n) is 12.0. The van der Waals surface area contributed by atoms with Crippen molar-refractivity contribution in [2.45, 2.75) is 39.3 Å². The quantitative estimate of drug-likeness (QED) is 0.375. The number of carbonyl (C=O) groups is 2. The number of hydrogen-bond donors (Lipinski definition) is 0. The van der Waals surface area contributed by atoms with Gasteiger partial charge in [-0.1, -0.05) is 18.1 Å². The largest absolute Gasteiger partial charge is 0.497 e. The average Bonchev–Trinajstić information content (AvgIpc) is 3.23. The van der Waals surface area contributed by atoms with Crippen molar-refractivity contribution >= 4 is 28.5 Å². The zero-order valence-corrected chi connectivity index (χ0v) is 21.2. The van der Waals surface area contributed by atoms with Crippen molar-refractivity contribution in [3.63, 3.8) is 0 Å². The summed E-state index contributed by atoms with van der Waals surface area (Å²) in [6.45, 7) is 3.36. The maximum Gasteiger partial charge on any atom is 0.278 e. The Morgan fingerprint density at radius 2 is 1.92 bits per heavy atom. The lowest BCUT2D eigenvalue weighted by Crippen LogP contribution is -2.34. The Kier molecular flexibility index (Phi) is 7.44. The van der Waals surface area contributed by atoms with E-state index in [1.807, 2.05) is 0 Å². The van der Waals surface area contributed by atoms with E-state index in [0.717, 1.165) is 32.4 Å². The molecule has 1 amide bonds. The number of hydrogen-bond acceptors (Lipinski definition) is 6. The van der Waals surface area contributed by atoms with Gasteiger partial charge in [-0.2, -0.15) is 0 Å². The number of Topliss-reactive ketones (excluding diaryl/α,β-unsaturated/α-hetero) is 1. The molecule has 1 aliphatic heterocycles. The lowest BCUT2D eigenvalue weighted by molar-refractivity contribution is 0.0829. The Morgan fingerprint density at radius 3 is 2.58 bits per heavy atom. The number of nitrogens with zero attached hydrogens (tertiary/aromatic N) is 5. The third-order valence-electron chi connectivity index (χ3n) is 6.40. The van der Waals surface area contributed by atoms with Crippen molar-refractivity contribution in [3.8, 4) is 17.6 Å². The van der Waals surface area contributed by atoms with Crippen LogP contribution in [0.3, 0.4) is 0 Å². The van der Waals surface area contributed by atoms with E-state index >= 15 is 0 Å². The molecule has 9 nitrogen and oxygen atoms in total. The summed E-state index contributed by atoms with van der Waals surface area (Å²) in [4.78, 5) is 48.4. The van der Waals surface area contributed by atoms with Crippen LogP contribution in [0.15, 0.2) is 35.4 Å². The number of benzene rings is 1. The van der Waals surface area contributed by atoms with Gasteiger partial charge in [0, 0.05) is 32.7 Å². The second kappa shape index (κ2) is 10.7. The molecule has 0 saturated carbocycles.